The van der Waals surface area contributed by atoms with Crippen LogP contribution < -0.4 is 4.57 Å². The van der Waals surface area contributed by atoms with Gasteiger partial charge in [-0.3, -0.25) is 0 Å². The molecule has 2 nitrogen and oxygen atoms in total. The lowest BCUT2D eigenvalue weighted by Gasteiger charge is -2.21. The second-order valence-corrected chi connectivity index (χ2v) is 8.34. The van der Waals surface area contributed by atoms with E-state index in [2.05, 4.69) is 0 Å². The molecule has 0 bridgehead atoms. The Kier molecular flexibility index (Phi) is 2.21. The number of furan rings is 1. The molecule has 0 radical (unpaired) electrons. The van der Waals surface area contributed by atoms with Gasteiger partial charge in [-0.25, -0.2) is 4.57 Å². The Morgan fingerprint density at radius 2 is 1.77 bits per heavy atom. The Hall–Kier alpha value is -3.39. The Bertz CT molecular complexity index is 1830. The number of benzene rings is 3. The third kappa shape index (κ3) is 2.42. The van der Waals surface area contributed by atoms with Crippen molar-refractivity contribution in [3.63, 3.8) is 0 Å². The van der Waals surface area contributed by atoms with E-state index in [0.717, 1.165) is 10.9 Å². The van der Waals surface area contributed by atoms with Gasteiger partial charge in [0, 0.05) is 40.7 Å². The summed E-state index contributed by atoms with van der Waals surface area (Å²) in [7, 11) is 1.83. The highest BCUT2D eigenvalue weighted by Gasteiger charge is 2.36. The van der Waals surface area contributed by atoms with E-state index in [9.17, 15) is 0 Å². The largest absolute Gasteiger partial charge is 0.455 e. The summed E-state index contributed by atoms with van der Waals surface area (Å²) in [5.41, 5.74) is 2.64. The van der Waals surface area contributed by atoms with Crippen molar-refractivity contribution in [2.24, 2.45) is 7.05 Å². The average Bonchev–Trinajstić information content (AvgIpc) is 3.35. The molecule has 3 aromatic carbocycles. The molecule has 2 heterocycles. The van der Waals surface area contributed by atoms with Gasteiger partial charge in [-0.2, -0.15) is 0 Å². The van der Waals surface area contributed by atoms with Crippen molar-refractivity contribution >= 4 is 21.9 Å². The number of nitrogens with zero attached hydrogens (tertiary/aromatic N) is 1. The summed E-state index contributed by atoms with van der Waals surface area (Å²) < 4.78 is 82.7. The van der Waals surface area contributed by atoms with Crippen LogP contribution in [-0.2, 0) is 12.5 Å². The summed E-state index contributed by atoms with van der Waals surface area (Å²) in [4.78, 5) is 0. The van der Waals surface area contributed by atoms with E-state index in [1.54, 1.807) is 48.7 Å². The topological polar surface area (TPSA) is 17.0 Å². The molecular weight excluding hydrogens is 378 g/mol. The van der Waals surface area contributed by atoms with E-state index in [1.807, 2.05) is 36.7 Å². The van der Waals surface area contributed by atoms with Crippen LogP contribution in [0.4, 0.5) is 0 Å². The van der Waals surface area contributed by atoms with Gasteiger partial charge in [0.25, 0.3) is 0 Å². The van der Waals surface area contributed by atoms with E-state index in [1.165, 1.54) is 0 Å². The predicted octanol–water partition coefficient (Wildman–Crippen LogP) is 7.00. The maximum absolute atomic E-state index is 8.47. The van der Waals surface area contributed by atoms with E-state index in [0.29, 0.717) is 38.9 Å². The van der Waals surface area contributed by atoms with Crippen LogP contribution in [0.2, 0.25) is 0 Å². The molecular formula is C29H26NO+. The van der Waals surface area contributed by atoms with Gasteiger partial charge in [-0.05, 0) is 59.3 Å². The molecule has 2 aromatic heterocycles. The van der Waals surface area contributed by atoms with Crippen LogP contribution >= 0.6 is 0 Å². The van der Waals surface area contributed by atoms with Crippen LogP contribution in [0.1, 0.15) is 48.3 Å². The normalized spacial score (nSPS) is 19.7. The minimum absolute atomic E-state index is 0.188. The fourth-order valence-electron chi connectivity index (χ4n) is 4.84. The number of hydrogen-bond donors (Lipinski definition) is 0. The zero-order valence-electron chi connectivity index (χ0n) is 26.2. The van der Waals surface area contributed by atoms with Crippen LogP contribution in [0, 0.1) is 13.8 Å². The number of rotatable bonds is 1. The van der Waals surface area contributed by atoms with Crippen molar-refractivity contribution in [1.29, 1.82) is 0 Å². The number of fused-ring (bicyclic) bond motifs is 6. The van der Waals surface area contributed by atoms with Crippen molar-refractivity contribution in [2.45, 2.75) is 32.9 Å². The molecule has 0 spiro atoms. The monoisotopic (exact) mass is 413 g/mol. The molecule has 152 valence electrons. The molecule has 31 heavy (non-hydrogen) atoms. The van der Waals surface area contributed by atoms with E-state index in [-0.39, 0.29) is 16.7 Å². The minimum atomic E-state index is -2.87. The smallest absolute Gasteiger partial charge is 0.216 e. The summed E-state index contributed by atoms with van der Waals surface area (Å²) in [5, 5.41) is 1.47. The highest BCUT2D eigenvalue weighted by Crippen LogP contribution is 2.51. The van der Waals surface area contributed by atoms with Gasteiger partial charge < -0.3 is 4.42 Å². The fourth-order valence-corrected chi connectivity index (χ4v) is 4.84. The van der Waals surface area contributed by atoms with Crippen molar-refractivity contribution in [1.82, 2.24) is 0 Å². The van der Waals surface area contributed by atoms with E-state index in [4.69, 9.17) is 16.8 Å². The Morgan fingerprint density at radius 1 is 0.903 bits per heavy atom. The lowest BCUT2D eigenvalue weighted by atomic mass is 9.82. The molecule has 0 unspecified atom stereocenters. The summed E-state index contributed by atoms with van der Waals surface area (Å²) in [5.74, 6) is 0. The van der Waals surface area contributed by atoms with Gasteiger partial charge >= 0.3 is 0 Å². The lowest BCUT2D eigenvalue weighted by molar-refractivity contribution is -0.660. The summed E-state index contributed by atoms with van der Waals surface area (Å²) >= 11 is 0. The van der Waals surface area contributed by atoms with Crippen LogP contribution in [0.25, 0.3) is 44.3 Å². The van der Waals surface area contributed by atoms with Crippen LogP contribution in [0.15, 0.2) is 71.3 Å². The van der Waals surface area contributed by atoms with E-state index >= 15 is 0 Å². The number of aromatic nitrogens is 1. The minimum Gasteiger partial charge on any atom is -0.455 e. The molecule has 1 aliphatic rings. The first-order chi connectivity index (χ1) is 18.6. The first-order valence-electron chi connectivity index (χ1n) is 14.7. The molecule has 0 saturated heterocycles. The lowest BCUT2D eigenvalue weighted by Crippen LogP contribution is -2.30. The second kappa shape index (κ2) is 6.07. The van der Waals surface area contributed by atoms with Gasteiger partial charge in [0.15, 0.2) is 6.20 Å². The zero-order chi connectivity index (χ0) is 29.0. The first kappa shape index (κ1) is 11.3. The maximum Gasteiger partial charge on any atom is 0.216 e. The molecule has 6 rings (SSSR count). The van der Waals surface area contributed by atoms with Crippen molar-refractivity contribution in [3.8, 4) is 22.4 Å². The molecule has 0 atom stereocenters. The molecule has 0 amide bonds. The van der Waals surface area contributed by atoms with Gasteiger partial charge in [0.2, 0.25) is 5.69 Å². The Balaban J connectivity index is 1.72. The molecule has 5 aromatic rings. The summed E-state index contributed by atoms with van der Waals surface area (Å²) in [6.45, 7) is -6.12. The quantitative estimate of drug-likeness (QED) is 0.270. The van der Waals surface area contributed by atoms with Crippen molar-refractivity contribution in [2.75, 3.05) is 0 Å². The third-order valence-corrected chi connectivity index (χ3v) is 6.42. The van der Waals surface area contributed by atoms with Gasteiger partial charge in [0.1, 0.15) is 18.2 Å². The van der Waals surface area contributed by atoms with Crippen LogP contribution in [0.5, 0.6) is 0 Å². The Labute approximate surface area is 195 Å². The van der Waals surface area contributed by atoms with Gasteiger partial charge in [-0.1, -0.05) is 50.1 Å². The standard InChI is InChI=1S/C29H26NO/c1-17-12-13-30(5)25(14-17)27-18(2)10-11-20-22-15-21-19-8-6-7-9-23(19)29(3,4)24(21)16-26(22)31-28(20)27/h6-16H,1-5H3/q+1/i1D3,3D3,4D3. The summed E-state index contributed by atoms with van der Waals surface area (Å²) in [6, 6.07) is 17.2. The second-order valence-electron chi connectivity index (χ2n) is 8.34. The molecule has 1 aliphatic carbocycles. The highest BCUT2D eigenvalue weighted by molar-refractivity contribution is 6.11. The molecule has 0 fully saturated rings. The van der Waals surface area contributed by atoms with Crippen LogP contribution in [0.3, 0.4) is 0 Å². The molecule has 2 heteroatoms. The molecule has 0 aliphatic heterocycles. The van der Waals surface area contributed by atoms with Crippen molar-refractivity contribution in [3.05, 3.63) is 89.1 Å². The van der Waals surface area contributed by atoms with Gasteiger partial charge in [0.05, 0.1) is 5.56 Å². The number of pyridine rings is 1. The highest BCUT2D eigenvalue weighted by atomic mass is 16.3. The Morgan fingerprint density at radius 3 is 2.61 bits per heavy atom. The SMILES string of the molecule is [2H]C([2H])([2H])c1cc[n+](C)c(-c2c(C)ccc3c2oc2cc4c(cc23)-c2ccccc2C4(C([2H])([2H])[2H])C([2H])([2H])[2H])c1. The first-order valence-corrected chi connectivity index (χ1v) is 10.2. The summed E-state index contributed by atoms with van der Waals surface area (Å²) in [6.07, 6.45) is 1.70. The zero-order valence-corrected chi connectivity index (χ0v) is 17.2. The fraction of sp³-hybridized carbons (Fsp3) is 0.207. The third-order valence-electron chi connectivity index (χ3n) is 6.42. The van der Waals surface area contributed by atoms with Crippen LogP contribution in [-0.4, -0.2) is 0 Å². The van der Waals surface area contributed by atoms with Gasteiger partial charge in [-0.15, -0.1) is 0 Å². The van der Waals surface area contributed by atoms with Crippen molar-refractivity contribution < 1.29 is 21.3 Å². The molecule has 0 saturated carbocycles. The molecule has 0 N–H and O–H groups in total. The van der Waals surface area contributed by atoms with E-state index < -0.39 is 26.0 Å². The number of hydrogen-bond acceptors (Lipinski definition) is 1. The average molecular weight is 414 g/mol. The predicted molar refractivity (Wildman–Crippen MR) is 127 cm³/mol. The maximum atomic E-state index is 8.47. The number of aryl methyl sites for hydroxylation is 3.